The summed E-state index contributed by atoms with van der Waals surface area (Å²) in [7, 11) is 1.99. The fourth-order valence-electron chi connectivity index (χ4n) is 2.44. The Morgan fingerprint density at radius 2 is 1.82 bits per heavy atom. The standard InChI is InChI=1S/C14H27N3/c1-5-6-7-8-9-10-13(15)14-11(2)16-17(4)12(14)3/h13H,5-10,15H2,1-4H3. The van der Waals surface area contributed by atoms with E-state index in [9.17, 15) is 0 Å². The summed E-state index contributed by atoms with van der Waals surface area (Å²) in [6.07, 6.45) is 7.60. The third-order valence-electron chi connectivity index (χ3n) is 3.55. The van der Waals surface area contributed by atoms with Crippen molar-refractivity contribution in [1.29, 1.82) is 0 Å². The molecule has 0 spiro atoms. The van der Waals surface area contributed by atoms with Crippen LogP contribution < -0.4 is 5.73 Å². The number of unbranched alkanes of at least 4 members (excludes halogenated alkanes) is 4. The van der Waals surface area contributed by atoms with Gasteiger partial charge in [-0.25, -0.2) is 0 Å². The van der Waals surface area contributed by atoms with E-state index in [1.807, 2.05) is 11.7 Å². The number of rotatable bonds is 7. The Hall–Kier alpha value is -0.830. The molecule has 1 heterocycles. The fourth-order valence-corrected chi connectivity index (χ4v) is 2.44. The van der Waals surface area contributed by atoms with Crippen LogP contribution in [0.5, 0.6) is 0 Å². The Kier molecular flexibility index (Phi) is 5.69. The van der Waals surface area contributed by atoms with Crippen LogP contribution in [0, 0.1) is 13.8 Å². The summed E-state index contributed by atoms with van der Waals surface area (Å²) in [4.78, 5) is 0. The van der Waals surface area contributed by atoms with Gasteiger partial charge in [-0.15, -0.1) is 0 Å². The quantitative estimate of drug-likeness (QED) is 0.739. The molecule has 17 heavy (non-hydrogen) atoms. The first-order valence-corrected chi connectivity index (χ1v) is 6.83. The van der Waals surface area contributed by atoms with E-state index in [1.54, 1.807) is 0 Å². The molecule has 0 aliphatic carbocycles. The number of hydrogen-bond donors (Lipinski definition) is 1. The summed E-state index contributed by atoms with van der Waals surface area (Å²) in [6, 6.07) is 0.158. The van der Waals surface area contributed by atoms with Gasteiger partial charge in [-0.2, -0.15) is 5.10 Å². The van der Waals surface area contributed by atoms with Crippen molar-refractivity contribution in [2.45, 2.75) is 65.3 Å². The second-order valence-corrected chi connectivity index (χ2v) is 5.02. The van der Waals surface area contributed by atoms with Crippen LogP contribution in [0.15, 0.2) is 0 Å². The summed E-state index contributed by atoms with van der Waals surface area (Å²) >= 11 is 0. The first-order chi connectivity index (χ1) is 8.07. The van der Waals surface area contributed by atoms with Crippen LogP contribution in [-0.4, -0.2) is 9.78 Å². The van der Waals surface area contributed by atoms with E-state index in [1.165, 1.54) is 43.4 Å². The molecule has 2 N–H and O–H groups in total. The first-order valence-electron chi connectivity index (χ1n) is 6.83. The van der Waals surface area contributed by atoms with Gasteiger partial charge < -0.3 is 5.73 Å². The lowest BCUT2D eigenvalue weighted by Crippen LogP contribution is -2.12. The van der Waals surface area contributed by atoms with Crippen LogP contribution in [0.4, 0.5) is 0 Å². The van der Waals surface area contributed by atoms with Crippen molar-refractivity contribution < 1.29 is 0 Å². The van der Waals surface area contributed by atoms with E-state index < -0.39 is 0 Å². The second kappa shape index (κ2) is 6.80. The van der Waals surface area contributed by atoms with Crippen molar-refractivity contribution in [1.82, 2.24) is 9.78 Å². The highest BCUT2D eigenvalue weighted by molar-refractivity contribution is 5.27. The van der Waals surface area contributed by atoms with Crippen molar-refractivity contribution >= 4 is 0 Å². The molecule has 0 aliphatic heterocycles. The maximum absolute atomic E-state index is 6.27. The molecule has 0 saturated carbocycles. The molecular formula is C14H27N3. The van der Waals surface area contributed by atoms with E-state index in [4.69, 9.17) is 5.73 Å². The molecule has 1 aromatic heterocycles. The molecule has 1 unspecified atom stereocenters. The molecule has 1 aromatic rings. The normalized spacial score (nSPS) is 13.0. The minimum atomic E-state index is 0.158. The van der Waals surface area contributed by atoms with E-state index in [-0.39, 0.29) is 6.04 Å². The van der Waals surface area contributed by atoms with Crippen molar-refractivity contribution in [3.63, 3.8) is 0 Å². The molecule has 0 amide bonds. The average Bonchev–Trinajstić information content (AvgIpc) is 2.53. The predicted octanol–water partition coefficient (Wildman–Crippen LogP) is 3.40. The summed E-state index contributed by atoms with van der Waals surface area (Å²) < 4.78 is 1.93. The molecule has 0 saturated heterocycles. The van der Waals surface area contributed by atoms with E-state index in [0.717, 1.165) is 12.1 Å². The molecule has 1 atom stereocenters. The molecule has 3 heteroatoms. The Morgan fingerprint density at radius 1 is 1.18 bits per heavy atom. The minimum absolute atomic E-state index is 0.158. The van der Waals surface area contributed by atoms with Crippen LogP contribution >= 0.6 is 0 Å². The maximum atomic E-state index is 6.27. The lowest BCUT2D eigenvalue weighted by Gasteiger charge is -2.12. The Balaban J connectivity index is 2.44. The fraction of sp³-hybridized carbons (Fsp3) is 0.786. The zero-order chi connectivity index (χ0) is 12.8. The van der Waals surface area contributed by atoms with Crippen LogP contribution in [-0.2, 0) is 7.05 Å². The van der Waals surface area contributed by atoms with Gasteiger partial charge in [0.2, 0.25) is 0 Å². The van der Waals surface area contributed by atoms with Gasteiger partial charge >= 0.3 is 0 Å². The number of aryl methyl sites for hydroxylation is 2. The van der Waals surface area contributed by atoms with Gasteiger partial charge in [-0.3, -0.25) is 4.68 Å². The van der Waals surface area contributed by atoms with Crippen molar-refractivity contribution in [2.24, 2.45) is 12.8 Å². The lowest BCUT2D eigenvalue weighted by molar-refractivity contribution is 0.552. The number of nitrogens with two attached hydrogens (primary N) is 1. The molecule has 0 bridgehead atoms. The Labute approximate surface area is 105 Å². The largest absolute Gasteiger partial charge is 0.324 e. The highest BCUT2D eigenvalue weighted by atomic mass is 15.3. The van der Waals surface area contributed by atoms with E-state index >= 15 is 0 Å². The van der Waals surface area contributed by atoms with Crippen LogP contribution in [0.25, 0.3) is 0 Å². The van der Waals surface area contributed by atoms with Crippen molar-refractivity contribution in [2.75, 3.05) is 0 Å². The van der Waals surface area contributed by atoms with Crippen molar-refractivity contribution in [3.8, 4) is 0 Å². The molecule has 3 nitrogen and oxygen atoms in total. The summed E-state index contributed by atoms with van der Waals surface area (Å²) in [5, 5.41) is 4.43. The third-order valence-corrected chi connectivity index (χ3v) is 3.55. The third kappa shape index (κ3) is 3.84. The van der Waals surface area contributed by atoms with E-state index in [2.05, 4.69) is 25.9 Å². The van der Waals surface area contributed by atoms with Crippen LogP contribution in [0.1, 0.15) is 68.4 Å². The molecule has 0 aliphatic rings. The zero-order valence-electron chi connectivity index (χ0n) is 11.8. The van der Waals surface area contributed by atoms with Gasteiger partial charge in [0.25, 0.3) is 0 Å². The Bertz CT molecular complexity index is 341. The summed E-state index contributed by atoms with van der Waals surface area (Å²) in [5.74, 6) is 0. The van der Waals surface area contributed by atoms with Gasteiger partial charge in [0, 0.05) is 24.3 Å². The van der Waals surface area contributed by atoms with Gasteiger partial charge in [0.15, 0.2) is 0 Å². The van der Waals surface area contributed by atoms with Gasteiger partial charge in [0.1, 0.15) is 0 Å². The number of nitrogens with zero attached hydrogens (tertiary/aromatic N) is 2. The van der Waals surface area contributed by atoms with E-state index in [0.29, 0.717) is 0 Å². The predicted molar refractivity (Wildman–Crippen MR) is 73.0 cm³/mol. The number of hydrogen-bond acceptors (Lipinski definition) is 2. The smallest absolute Gasteiger partial charge is 0.0644 e. The average molecular weight is 237 g/mol. The molecular weight excluding hydrogens is 210 g/mol. The molecule has 0 radical (unpaired) electrons. The molecule has 1 rings (SSSR count). The Morgan fingerprint density at radius 3 is 2.35 bits per heavy atom. The van der Waals surface area contributed by atoms with Crippen LogP contribution in [0.2, 0.25) is 0 Å². The van der Waals surface area contributed by atoms with Crippen LogP contribution in [0.3, 0.4) is 0 Å². The summed E-state index contributed by atoms with van der Waals surface area (Å²) in [6.45, 7) is 6.40. The van der Waals surface area contributed by atoms with Gasteiger partial charge in [-0.1, -0.05) is 39.0 Å². The first kappa shape index (κ1) is 14.2. The molecule has 98 valence electrons. The lowest BCUT2D eigenvalue weighted by atomic mass is 9.99. The topological polar surface area (TPSA) is 43.8 Å². The highest BCUT2D eigenvalue weighted by Gasteiger charge is 2.15. The monoisotopic (exact) mass is 237 g/mol. The van der Waals surface area contributed by atoms with Gasteiger partial charge in [0.05, 0.1) is 5.69 Å². The summed E-state index contributed by atoms with van der Waals surface area (Å²) in [5.41, 5.74) is 9.82. The minimum Gasteiger partial charge on any atom is -0.324 e. The highest BCUT2D eigenvalue weighted by Crippen LogP contribution is 2.23. The van der Waals surface area contributed by atoms with Crippen molar-refractivity contribution in [3.05, 3.63) is 17.0 Å². The van der Waals surface area contributed by atoms with Gasteiger partial charge in [-0.05, 0) is 20.3 Å². The molecule has 0 fully saturated rings. The SMILES string of the molecule is CCCCCCCC(N)c1c(C)nn(C)c1C. The number of aromatic nitrogens is 2. The zero-order valence-corrected chi connectivity index (χ0v) is 11.8. The second-order valence-electron chi connectivity index (χ2n) is 5.02. The molecule has 0 aromatic carbocycles. The maximum Gasteiger partial charge on any atom is 0.0644 e.